The van der Waals surface area contributed by atoms with Crippen molar-refractivity contribution >= 4 is 0 Å². The summed E-state index contributed by atoms with van der Waals surface area (Å²) in [6.45, 7) is 14.2. The number of unbranched alkanes of at least 4 members (excludes halogenated alkanes) is 5. The average Bonchev–Trinajstić information content (AvgIpc) is 2.38. The molecular weight excluding hydrogens is 240 g/mol. The lowest BCUT2D eigenvalue weighted by molar-refractivity contribution is 0.339. The predicted molar refractivity (Wildman–Crippen MR) is 94.2 cm³/mol. The number of rotatable bonds is 12. The molecular formula is C20H42. The van der Waals surface area contributed by atoms with Gasteiger partial charge in [0.1, 0.15) is 0 Å². The summed E-state index contributed by atoms with van der Waals surface area (Å²) >= 11 is 0. The fraction of sp³-hybridized carbons (Fsp3) is 1.00. The smallest absolute Gasteiger partial charge is 0.0383 e. The van der Waals surface area contributed by atoms with Gasteiger partial charge in [-0.2, -0.15) is 0 Å². The summed E-state index contributed by atoms with van der Waals surface area (Å²) in [4.78, 5) is 0. The van der Waals surface area contributed by atoms with Crippen molar-refractivity contribution in [3.05, 3.63) is 0 Å². The molecule has 0 nitrogen and oxygen atoms in total. The first-order valence-electron chi connectivity index (χ1n) is 9.39. The third-order valence-corrected chi connectivity index (χ3v) is 4.80. The Balaban J connectivity index is 3.42. The topological polar surface area (TPSA) is 0 Å². The molecule has 0 saturated heterocycles. The third-order valence-electron chi connectivity index (χ3n) is 4.80. The van der Waals surface area contributed by atoms with Crippen LogP contribution in [0.5, 0.6) is 0 Å². The first kappa shape index (κ1) is 20.0. The van der Waals surface area contributed by atoms with Crippen molar-refractivity contribution in [3.63, 3.8) is 0 Å². The molecule has 0 spiro atoms. The molecule has 0 heterocycles. The van der Waals surface area contributed by atoms with Crippen LogP contribution in [0.2, 0.25) is 0 Å². The van der Waals surface area contributed by atoms with Crippen LogP contribution in [0.15, 0.2) is 0 Å². The lowest BCUT2D eigenvalue weighted by Crippen LogP contribution is -2.05. The van der Waals surface area contributed by atoms with Crippen molar-refractivity contribution in [2.75, 3.05) is 0 Å². The maximum atomic E-state index is 2.41. The van der Waals surface area contributed by atoms with Crippen molar-refractivity contribution in [1.29, 1.82) is 0 Å². The van der Waals surface area contributed by atoms with E-state index in [-0.39, 0.29) is 0 Å². The molecule has 0 heteroatoms. The van der Waals surface area contributed by atoms with Crippen LogP contribution in [-0.2, 0) is 0 Å². The molecule has 0 aliphatic rings. The molecule has 0 aliphatic carbocycles. The Labute approximate surface area is 130 Å². The molecule has 0 aromatic carbocycles. The molecule has 0 saturated carbocycles. The van der Waals surface area contributed by atoms with Gasteiger partial charge in [-0.3, -0.25) is 0 Å². The Bertz CT molecular complexity index is 199. The molecule has 0 aromatic rings. The van der Waals surface area contributed by atoms with E-state index < -0.39 is 0 Å². The standard InChI is InChI=1S/C20H42/c1-7-18(3)17-19(8-2)15-13-11-9-10-12-14-16-20(4,5)6/h18-19H,7-17H2,1-6H3. The minimum absolute atomic E-state index is 0.532. The fourth-order valence-corrected chi connectivity index (χ4v) is 3.02. The first-order valence-corrected chi connectivity index (χ1v) is 9.39. The maximum absolute atomic E-state index is 2.41. The Morgan fingerprint density at radius 3 is 1.80 bits per heavy atom. The molecule has 2 atom stereocenters. The van der Waals surface area contributed by atoms with Crippen LogP contribution in [0.25, 0.3) is 0 Å². The Hall–Kier alpha value is 0. The van der Waals surface area contributed by atoms with Gasteiger partial charge < -0.3 is 0 Å². The van der Waals surface area contributed by atoms with E-state index in [4.69, 9.17) is 0 Å². The second-order valence-corrected chi connectivity index (χ2v) is 8.24. The van der Waals surface area contributed by atoms with Gasteiger partial charge in [0.25, 0.3) is 0 Å². The highest BCUT2D eigenvalue weighted by atomic mass is 14.2. The average molecular weight is 283 g/mol. The molecule has 0 radical (unpaired) electrons. The van der Waals surface area contributed by atoms with E-state index in [0.29, 0.717) is 5.41 Å². The van der Waals surface area contributed by atoms with E-state index in [1.807, 2.05) is 0 Å². The first-order chi connectivity index (χ1) is 9.39. The van der Waals surface area contributed by atoms with E-state index in [9.17, 15) is 0 Å². The molecule has 2 unspecified atom stereocenters. The van der Waals surface area contributed by atoms with Crippen molar-refractivity contribution in [3.8, 4) is 0 Å². The molecule has 122 valence electrons. The Morgan fingerprint density at radius 1 is 0.750 bits per heavy atom. The van der Waals surface area contributed by atoms with Crippen LogP contribution in [0.1, 0.15) is 112 Å². The van der Waals surface area contributed by atoms with E-state index in [2.05, 4.69) is 41.5 Å². The largest absolute Gasteiger partial charge is 0.0651 e. The minimum Gasteiger partial charge on any atom is -0.0651 e. The highest BCUT2D eigenvalue weighted by molar-refractivity contribution is 4.63. The third kappa shape index (κ3) is 13.0. The van der Waals surface area contributed by atoms with Gasteiger partial charge in [0.05, 0.1) is 0 Å². The molecule has 0 aliphatic heterocycles. The van der Waals surface area contributed by atoms with E-state index in [0.717, 1.165) is 11.8 Å². The fourth-order valence-electron chi connectivity index (χ4n) is 3.02. The summed E-state index contributed by atoms with van der Waals surface area (Å²) in [7, 11) is 0. The van der Waals surface area contributed by atoms with Crippen LogP contribution >= 0.6 is 0 Å². The van der Waals surface area contributed by atoms with Crippen LogP contribution in [0.4, 0.5) is 0 Å². The predicted octanol–water partition coefficient (Wildman–Crippen LogP) is 7.62. The molecule has 0 bridgehead atoms. The van der Waals surface area contributed by atoms with E-state index in [1.165, 1.54) is 70.6 Å². The highest BCUT2D eigenvalue weighted by Gasteiger charge is 2.10. The van der Waals surface area contributed by atoms with E-state index >= 15 is 0 Å². The zero-order chi connectivity index (χ0) is 15.4. The molecule has 0 fully saturated rings. The quantitative estimate of drug-likeness (QED) is 0.323. The second kappa shape index (κ2) is 11.6. The van der Waals surface area contributed by atoms with Gasteiger partial charge in [-0.1, -0.05) is 99.3 Å². The van der Waals surface area contributed by atoms with Gasteiger partial charge in [-0.15, -0.1) is 0 Å². The molecule has 20 heavy (non-hydrogen) atoms. The van der Waals surface area contributed by atoms with Crippen molar-refractivity contribution < 1.29 is 0 Å². The molecule has 0 aromatic heterocycles. The molecule has 0 N–H and O–H groups in total. The Morgan fingerprint density at radius 2 is 1.30 bits per heavy atom. The summed E-state index contributed by atoms with van der Waals surface area (Å²) in [6, 6.07) is 0. The SMILES string of the molecule is CCC(C)CC(CC)CCCCCCCCC(C)(C)C. The summed E-state index contributed by atoms with van der Waals surface area (Å²) in [6.07, 6.45) is 15.8. The summed E-state index contributed by atoms with van der Waals surface area (Å²) in [5.41, 5.74) is 0.532. The Kier molecular flexibility index (Phi) is 11.6. The van der Waals surface area contributed by atoms with Crippen LogP contribution in [-0.4, -0.2) is 0 Å². The lowest BCUT2D eigenvalue weighted by Gasteiger charge is -2.19. The van der Waals surface area contributed by atoms with Crippen molar-refractivity contribution in [2.45, 2.75) is 112 Å². The van der Waals surface area contributed by atoms with Crippen molar-refractivity contribution in [2.24, 2.45) is 17.3 Å². The monoisotopic (exact) mass is 282 g/mol. The van der Waals surface area contributed by atoms with Gasteiger partial charge in [-0.25, -0.2) is 0 Å². The van der Waals surface area contributed by atoms with Gasteiger partial charge >= 0.3 is 0 Å². The highest BCUT2D eigenvalue weighted by Crippen LogP contribution is 2.25. The zero-order valence-electron chi connectivity index (χ0n) is 15.4. The number of hydrogen-bond donors (Lipinski definition) is 0. The van der Waals surface area contributed by atoms with Gasteiger partial charge in [0.15, 0.2) is 0 Å². The van der Waals surface area contributed by atoms with Crippen LogP contribution in [0.3, 0.4) is 0 Å². The van der Waals surface area contributed by atoms with E-state index in [1.54, 1.807) is 0 Å². The van der Waals surface area contributed by atoms with Crippen LogP contribution < -0.4 is 0 Å². The second-order valence-electron chi connectivity index (χ2n) is 8.24. The van der Waals surface area contributed by atoms with Crippen molar-refractivity contribution in [1.82, 2.24) is 0 Å². The zero-order valence-corrected chi connectivity index (χ0v) is 15.4. The maximum Gasteiger partial charge on any atom is -0.0383 e. The van der Waals surface area contributed by atoms with Gasteiger partial charge in [0.2, 0.25) is 0 Å². The summed E-state index contributed by atoms with van der Waals surface area (Å²) < 4.78 is 0. The number of hydrogen-bond acceptors (Lipinski definition) is 0. The normalized spacial score (nSPS) is 15.3. The van der Waals surface area contributed by atoms with Gasteiger partial charge in [0, 0.05) is 0 Å². The molecule has 0 amide bonds. The lowest BCUT2D eigenvalue weighted by atomic mass is 9.87. The van der Waals surface area contributed by atoms with Gasteiger partial charge in [-0.05, 0) is 30.1 Å². The summed E-state index contributed by atoms with van der Waals surface area (Å²) in [5, 5.41) is 0. The van der Waals surface area contributed by atoms with Crippen LogP contribution in [0, 0.1) is 17.3 Å². The minimum atomic E-state index is 0.532. The summed E-state index contributed by atoms with van der Waals surface area (Å²) in [5.74, 6) is 1.92. The molecule has 0 rings (SSSR count).